The minimum Gasteiger partial charge on any atom is -0.399 e. The van der Waals surface area contributed by atoms with Crippen LogP contribution >= 0.6 is 0 Å². The van der Waals surface area contributed by atoms with E-state index in [4.69, 9.17) is 5.73 Å². The van der Waals surface area contributed by atoms with E-state index in [1.165, 1.54) is 0 Å². The Labute approximate surface area is 112 Å². The fourth-order valence-electron chi connectivity index (χ4n) is 1.96. The smallest absolute Gasteiger partial charge is 0.390 e. The topological polar surface area (TPSA) is 38.0 Å². The number of rotatable bonds is 6. The Hall–Kier alpha value is -1.23. The second-order valence-electron chi connectivity index (χ2n) is 5.03. The fraction of sp³-hybridized carbons (Fsp3) is 0.571. The van der Waals surface area contributed by atoms with E-state index in [-0.39, 0.29) is 0 Å². The van der Waals surface area contributed by atoms with Crippen LogP contribution in [0.5, 0.6) is 0 Å². The summed E-state index contributed by atoms with van der Waals surface area (Å²) in [6.45, 7) is 4.19. The second-order valence-corrected chi connectivity index (χ2v) is 5.03. The number of hydrogen-bond donors (Lipinski definition) is 2. The number of benzene rings is 1. The van der Waals surface area contributed by atoms with Gasteiger partial charge in [0.1, 0.15) is 0 Å². The highest BCUT2D eigenvalue weighted by atomic mass is 19.4. The summed E-state index contributed by atoms with van der Waals surface area (Å²) >= 11 is 0. The third-order valence-electron chi connectivity index (χ3n) is 3.11. The van der Waals surface area contributed by atoms with E-state index in [2.05, 4.69) is 12.2 Å². The van der Waals surface area contributed by atoms with E-state index < -0.39 is 18.6 Å². The van der Waals surface area contributed by atoms with E-state index in [0.29, 0.717) is 18.2 Å². The first kappa shape index (κ1) is 15.8. The zero-order valence-corrected chi connectivity index (χ0v) is 11.3. The molecule has 2 atom stereocenters. The number of nitrogen functional groups attached to an aromatic ring is 1. The summed E-state index contributed by atoms with van der Waals surface area (Å²) in [5, 5.41) is 2.91. The first-order valence-electron chi connectivity index (χ1n) is 6.43. The van der Waals surface area contributed by atoms with Gasteiger partial charge in [0.2, 0.25) is 0 Å². The molecule has 0 aliphatic carbocycles. The lowest BCUT2D eigenvalue weighted by molar-refractivity contribution is -0.139. The number of nitrogens with one attached hydrogen (secondary N) is 1. The lowest BCUT2D eigenvalue weighted by Gasteiger charge is -2.18. The minimum absolute atomic E-state index is 0.297. The molecular formula is C14H21F3N2. The average Bonchev–Trinajstić information content (AvgIpc) is 2.27. The van der Waals surface area contributed by atoms with Crippen LogP contribution in [0, 0.1) is 0 Å². The molecule has 19 heavy (non-hydrogen) atoms. The summed E-state index contributed by atoms with van der Waals surface area (Å²) in [5.41, 5.74) is 7.47. The predicted octanol–water partition coefficient (Wildman–Crippen LogP) is 3.69. The number of anilines is 1. The van der Waals surface area contributed by atoms with Crippen LogP contribution in [-0.2, 0) is 0 Å². The van der Waals surface area contributed by atoms with Gasteiger partial charge in [-0.2, -0.15) is 13.2 Å². The standard InChI is InChI=1S/C14H21F3N2/c1-10(12-3-5-13(18)6-4-12)7-8-19-11(2)9-14(15,16)17/h3-6,10-11,19H,7-9,18H2,1-2H3. The average molecular weight is 274 g/mol. The van der Waals surface area contributed by atoms with Crippen LogP contribution in [0.4, 0.5) is 18.9 Å². The lowest BCUT2D eigenvalue weighted by Crippen LogP contribution is -2.32. The zero-order valence-electron chi connectivity index (χ0n) is 11.3. The maximum atomic E-state index is 12.1. The van der Waals surface area contributed by atoms with Crippen molar-refractivity contribution >= 4 is 5.69 Å². The van der Waals surface area contributed by atoms with E-state index in [1.54, 1.807) is 6.92 Å². The summed E-state index contributed by atoms with van der Waals surface area (Å²) in [4.78, 5) is 0. The van der Waals surface area contributed by atoms with Crippen molar-refractivity contribution in [3.8, 4) is 0 Å². The second kappa shape index (κ2) is 6.80. The third-order valence-corrected chi connectivity index (χ3v) is 3.11. The molecule has 1 aromatic rings. The monoisotopic (exact) mass is 274 g/mol. The molecule has 0 saturated carbocycles. The van der Waals surface area contributed by atoms with E-state index in [1.807, 2.05) is 24.3 Å². The van der Waals surface area contributed by atoms with Gasteiger partial charge < -0.3 is 11.1 Å². The van der Waals surface area contributed by atoms with Gasteiger partial charge in [0.15, 0.2) is 0 Å². The number of halogens is 3. The van der Waals surface area contributed by atoms with Crippen molar-refractivity contribution in [2.45, 2.75) is 44.8 Å². The van der Waals surface area contributed by atoms with Crippen LogP contribution in [0.15, 0.2) is 24.3 Å². The van der Waals surface area contributed by atoms with Gasteiger partial charge >= 0.3 is 6.18 Å². The number of nitrogens with two attached hydrogens (primary N) is 1. The van der Waals surface area contributed by atoms with Crippen LogP contribution in [0.3, 0.4) is 0 Å². The Morgan fingerprint density at radius 3 is 2.26 bits per heavy atom. The molecule has 3 N–H and O–H groups in total. The third kappa shape index (κ3) is 6.47. The maximum absolute atomic E-state index is 12.1. The van der Waals surface area contributed by atoms with Crippen LogP contribution in [0.2, 0.25) is 0 Å². The van der Waals surface area contributed by atoms with Gasteiger partial charge in [0.05, 0.1) is 6.42 Å². The molecule has 5 heteroatoms. The highest BCUT2D eigenvalue weighted by Crippen LogP contribution is 2.22. The van der Waals surface area contributed by atoms with Crippen LogP contribution in [0.1, 0.15) is 38.2 Å². The summed E-state index contributed by atoms with van der Waals surface area (Å²) in [5.74, 6) is 0.297. The molecule has 2 unspecified atom stereocenters. The highest BCUT2D eigenvalue weighted by molar-refractivity contribution is 5.40. The minimum atomic E-state index is -4.10. The molecule has 0 fully saturated rings. The lowest BCUT2D eigenvalue weighted by atomic mass is 9.97. The van der Waals surface area contributed by atoms with Crippen LogP contribution in [-0.4, -0.2) is 18.8 Å². The Morgan fingerprint density at radius 1 is 1.16 bits per heavy atom. The van der Waals surface area contributed by atoms with E-state index in [9.17, 15) is 13.2 Å². The molecule has 0 saturated heterocycles. The molecule has 0 amide bonds. The largest absolute Gasteiger partial charge is 0.399 e. The fourth-order valence-corrected chi connectivity index (χ4v) is 1.96. The van der Waals surface area contributed by atoms with E-state index in [0.717, 1.165) is 12.0 Å². The molecule has 0 aliphatic rings. The van der Waals surface area contributed by atoms with Gasteiger partial charge in [0.25, 0.3) is 0 Å². The first-order chi connectivity index (χ1) is 8.78. The molecule has 108 valence electrons. The summed E-state index contributed by atoms with van der Waals surface area (Å²) < 4.78 is 36.4. The molecule has 1 aromatic carbocycles. The molecular weight excluding hydrogens is 253 g/mol. The molecule has 0 aromatic heterocycles. The van der Waals surface area contributed by atoms with Crippen LogP contribution in [0.25, 0.3) is 0 Å². The molecule has 0 spiro atoms. The van der Waals surface area contributed by atoms with Gasteiger partial charge in [-0.3, -0.25) is 0 Å². The summed E-state index contributed by atoms with van der Waals surface area (Å²) in [7, 11) is 0. The molecule has 2 nitrogen and oxygen atoms in total. The van der Waals surface area contributed by atoms with Crippen LogP contribution < -0.4 is 11.1 Å². The first-order valence-corrected chi connectivity index (χ1v) is 6.43. The molecule has 0 aliphatic heterocycles. The molecule has 0 radical (unpaired) electrons. The van der Waals surface area contributed by atoms with Gasteiger partial charge in [-0.25, -0.2) is 0 Å². The Balaban J connectivity index is 2.31. The van der Waals surface area contributed by atoms with Crippen molar-refractivity contribution in [2.24, 2.45) is 0 Å². The molecule has 0 heterocycles. The Morgan fingerprint density at radius 2 is 1.74 bits per heavy atom. The number of alkyl halides is 3. The van der Waals surface area contributed by atoms with Crippen molar-refractivity contribution in [3.05, 3.63) is 29.8 Å². The SMILES string of the molecule is CC(CC(F)(F)F)NCCC(C)c1ccc(N)cc1. The van der Waals surface area contributed by atoms with Gasteiger partial charge in [-0.15, -0.1) is 0 Å². The Kier molecular flexibility index (Phi) is 5.66. The van der Waals surface area contributed by atoms with Gasteiger partial charge in [0, 0.05) is 11.7 Å². The van der Waals surface area contributed by atoms with Gasteiger partial charge in [-0.1, -0.05) is 19.1 Å². The summed E-state index contributed by atoms with van der Waals surface area (Å²) in [6.07, 6.45) is -4.09. The molecule has 0 bridgehead atoms. The molecule has 1 rings (SSSR count). The van der Waals surface area contributed by atoms with Crippen molar-refractivity contribution < 1.29 is 13.2 Å². The van der Waals surface area contributed by atoms with Crippen molar-refractivity contribution in [2.75, 3.05) is 12.3 Å². The van der Waals surface area contributed by atoms with Crippen molar-refractivity contribution in [3.63, 3.8) is 0 Å². The van der Waals surface area contributed by atoms with E-state index >= 15 is 0 Å². The van der Waals surface area contributed by atoms with Gasteiger partial charge in [-0.05, 0) is 43.5 Å². The quantitative estimate of drug-likeness (QED) is 0.776. The Bertz CT molecular complexity index is 373. The highest BCUT2D eigenvalue weighted by Gasteiger charge is 2.29. The van der Waals surface area contributed by atoms with Crippen molar-refractivity contribution in [1.82, 2.24) is 5.32 Å². The zero-order chi connectivity index (χ0) is 14.5. The number of hydrogen-bond acceptors (Lipinski definition) is 2. The summed E-state index contributed by atoms with van der Waals surface area (Å²) in [6, 6.07) is 7.05. The predicted molar refractivity (Wildman–Crippen MR) is 72.0 cm³/mol. The van der Waals surface area contributed by atoms with Crippen molar-refractivity contribution in [1.29, 1.82) is 0 Å². The maximum Gasteiger partial charge on any atom is 0.390 e. The normalized spacial score (nSPS) is 15.2.